The Hall–Kier alpha value is -2.78. The summed E-state index contributed by atoms with van der Waals surface area (Å²) in [5.41, 5.74) is 2.56. The number of ether oxygens (including phenoxy) is 2. The van der Waals surface area contributed by atoms with Gasteiger partial charge in [-0.1, -0.05) is 24.3 Å². The zero-order chi connectivity index (χ0) is 23.4. The van der Waals surface area contributed by atoms with E-state index >= 15 is 0 Å². The van der Waals surface area contributed by atoms with Gasteiger partial charge >= 0.3 is 0 Å². The van der Waals surface area contributed by atoms with Gasteiger partial charge in [0, 0.05) is 19.2 Å². The van der Waals surface area contributed by atoms with Gasteiger partial charge in [-0.3, -0.25) is 14.0 Å². The van der Waals surface area contributed by atoms with Gasteiger partial charge in [-0.05, 0) is 56.1 Å². The molecule has 0 unspecified atom stereocenters. The molecule has 2 aliphatic rings. The van der Waals surface area contributed by atoms with Crippen LogP contribution >= 0.6 is 0 Å². The fourth-order valence-corrected chi connectivity index (χ4v) is 5.52. The molecule has 0 bridgehead atoms. The topological polar surface area (TPSA) is 88.2 Å². The van der Waals surface area contributed by atoms with E-state index < -0.39 is 16.1 Å². The third kappa shape index (κ3) is 5.78. The first-order valence-corrected chi connectivity index (χ1v) is 13.1. The van der Waals surface area contributed by atoms with Crippen molar-refractivity contribution in [2.75, 3.05) is 36.9 Å². The Morgan fingerprint density at radius 1 is 1.06 bits per heavy atom. The van der Waals surface area contributed by atoms with Crippen LogP contribution in [0.4, 0.5) is 5.69 Å². The van der Waals surface area contributed by atoms with Crippen molar-refractivity contribution in [2.24, 2.45) is 0 Å². The molecule has 8 nitrogen and oxygen atoms in total. The van der Waals surface area contributed by atoms with E-state index in [1.54, 1.807) is 25.1 Å². The second kappa shape index (κ2) is 10.0. The van der Waals surface area contributed by atoms with Gasteiger partial charge in [-0.2, -0.15) is 0 Å². The fourth-order valence-electron chi connectivity index (χ4n) is 4.35. The van der Waals surface area contributed by atoms with E-state index in [-0.39, 0.29) is 5.91 Å². The van der Waals surface area contributed by atoms with Crippen molar-refractivity contribution in [2.45, 2.75) is 38.9 Å². The van der Waals surface area contributed by atoms with Crippen molar-refractivity contribution in [1.82, 2.24) is 10.2 Å². The van der Waals surface area contributed by atoms with Gasteiger partial charge in [0.05, 0.1) is 11.9 Å². The molecule has 1 amide bonds. The van der Waals surface area contributed by atoms with E-state index in [1.165, 1.54) is 18.4 Å². The summed E-state index contributed by atoms with van der Waals surface area (Å²) in [6.07, 6.45) is 3.58. The minimum atomic E-state index is -3.72. The van der Waals surface area contributed by atoms with Gasteiger partial charge in [0.1, 0.15) is 19.3 Å². The summed E-state index contributed by atoms with van der Waals surface area (Å²) < 4.78 is 37.4. The first-order chi connectivity index (χ1) is 15.8. The Morgan fingerprint density at radius 3 is 2.48 bits per heavy atom. The van der Waals surface area contributed by atoms with E-state index in [4.69, 9.17) is 9.47 Å². The third-order valence-corrected chi connectivity index (χ3v) is 7.17. The lowest BCUT2D eigenvalue weighted by molar-refractivity contribution is -0.122. The summed E-state index contributed by atoms with van der Waals surface area (Å²) >= 11 is 0. The average molecular weight is 474 g/mol. The second-order valence-corrected chi connectivity index (χ2v) is 10.4. The molecule has 0 aromatic heterocycles. The van der Waals surface area contributed by atoms with Crippen molar-refractivity contribution in [3.63, 3.8) is 0 Å². The number of benzene rings is 2. The SMILES string of the molecule is C[C@H](C(=O)NCc1cccc(CN2CCCC2)c1)N(c1ccc2c(c1)OCCO2)S(C)(=O)=O. The van der Waals surface area contributed by atoms with E-state index in [9.17, 15) is 13.2 Å². The predicted molar refractivity (Wildman–Crippen MR) is 127 cm³/mol. The van der Waals surface area contributed by atoms with Gasteiger partial charge in [0.2, 0.25) is 15.9 Å². The lowest BCUT2D eigenvalue weighted by Gasteiger charge is -2.29. The zero-order valence-corrected chi connectivity index (χ0v) is 19.9. The summed E-state index contributed by atoms with van der Waals surface area (Å²) in [5, 5.41) is 2.89. The Balaban J connectivity index is 1.44. The number of fused-ring (bicyclic) bond motifs is 1. The van der Waals surface area contributed by atoms with Crippen LogP contribution in [0.1, 0.15) is 30.9 Å². The summed E-state index contributed by atoms with van der Waals surface area (Å²) in [6.45, 7) is 5.90. The first-order valence-electron chi connectivity index (χ1n) is 11.3. The van der Waals surface area contributed by atoms with Gasteiger partial charge in [0.15, 0.2) is 11.5 Å². The molecule has 9 heteroatoms. The Labute approximate surface area is 195 Å². The molecule has 1 N–H and O–H groups in total. The molecule has 178 valence electrons. The smallest absolute Gasteiger partial charge is 0.243 e. The number of sulfonamides is 1. The van der Waals surface area contributed by atoms with Crippen molar-refractivity contribution in [3.8, 4) is 11.5 Å². The monoisotopic (exact) mass is 473 g/mol. The largest absolute Gasteiger partial charge is 0.486 e. The summed E-state index contributed by atoms with van der Waals surface area (Å²) in [5.74, 6) is 0.652. The first kappa shape index (κ1) is 23.4. The van der Waals surface area contributed by atoms with Crippen molar-refractivity contribution < 1.29 is 22.7 Å². The normalized spacial score (nSPS) is 16.9. The number of hydrogen-bond donors (Lipinski definition) is 1. The highest BCUT2D eigenvalue weighted by molar-refractivity contribution is 7.92. The minimum Gasteiger partial charge on any atom is -0.486 e. The van der Waals surface area contributed by atoms with Crippen LogP contribution in [0.25, 0.3) is 0 Å². The van der Waals surface area contributed by atoms with Crippen LogP contribution in [0.15, 0.2) is 42.5 Å². The van der Waals surface area contributed by atoms with Crippen molar-refractivity contribution >= 4 is 21.6 Å². The highest BCUT2D eigenvalue weighted by Crippen LogP contribution is 2.35. The Kier molecular flexibility index (Phi) is 7.09. The van der Waals surface area contributed by atoms with Crippen molar-refractivity contribution in [1.29, 1.82) is 0 Å². The highest BCUT2D eigenvalue weighted by atomic mass is 32.2. The number of carbonyl (C=O) groups excluding carboxylic acids is 1. The maximum atomic E-state index is 12.9. The molecular weight excluding hydrogens is 442 g/mol. The molecule has 2 aromatic carbocycles. The summed E-state index contributed by atoms with van der Waals surface area (Å²) in [4.78, 5) is 15.4. The molecule has 33 heavy (non-hydrogen) atoms. The molecule has 0 radical (unpaired) electrons. The molecule has 0 saturated carbocycles. The number of carbonyl (C=O) groups is 1. The number of amides is 1. The Morgan fingerprint density at radius 2 is 1.76 bits per heavy atom. The quantitative estimate of drug-likeness (QED) is 0.634. The molecule has 2 heterocycles. The highest BCUT2D eigenvalue weighted by Gasteiger charge is 2.30. The van der Waals surface area contributed by atoms with Crippen molar-refractivity contribution in [3.05, 3.63) is 53.6 Å². The maximum absolute atomic E-state index is 12.9. The number of nitrogens with zero attached hydrogens (tertiary/aromatic N) is 2. The number of rotatable bonds is 8. The number of likely N-dealkylation sites (tertiary alicyclic amines) is 1. The number of nitrogens with one attached hydrogen (secondary N) is 1. The number of anilines is 1. The zero-order valence-electron chi connectivity index (χ0n) is 19.1. The fraction of sp³-hybridized carbons (Fsp3) is 0.458. The van der Waals surface area contributed by atoms with Crippen LogP contribution in [0, 0.1) is 0 Å². The molecule has 1 atom stereocenters. The molecule has 2 aliphatic heterocycles. The molecular formula is C24H31N3O5S. The van der Waals surface area contributed by atoms with Crippen LogP contribution in [0.2, 0.25) is 0 Å². The standard InChI is InChI=1S/C24H31N3O5S/c1-18(27(33(2,29)30)21-8-9-22-23(15-21)32-13-12-31-22)24(28)25-16-19-6-5-7-20(14-19)17-26-10-3-4-11-26/h5-9,14-15,18H,3-4,10-13,16-17H2,1-2H3,(H,25,28)/t18-/m1/s1. The van der Waals surface area contributed by atoms with Crippen LogP contribution in [0.5, 0.6) is 11.5 Å². The predicted octanol–water partition coefficient (Wildman–Crippen LogP) is 2.52. The minimum absolute atomic E-state index is 0.329. The molecule has 1 saturated heterocycles. The second-order valence-electron chi connectivity index (χ2n) is 8.58. The van der Waals surface area contributed by atoms with E-state index in [2.05, 4.69) is 22.3 Å². The molecule has 2 aromatic rings. The van der Waals surface area contributed by atoms with Gasteiger partial charge in [-0.25, -0.2) is 8.42 Å². The van der Waals surface area contributed by atoms with Gasteiger partial charge in [-0.15, -0.1) is 0 Å². The van der Waals surface area contributed by atoms with E-state index in [0.29, 0.717) is 36.9 Å². The summed E-state index contributed by atoms with van der Waals surface area (Å²) in [6, 6.07) is 12.1. The lowest BCUT2D eigenvalue weighted by Crippen LogP contribution is -2.47. The molecule has 1 fully saturated rings. The molecule has 0 spiro atoms. The summed E-state index contributed by atoms with van der Waals surface area (Å²) in [7, 11) is -3.72. The van der Waals surface area contributed by atoms with Crippen LogP contribution in [-0.2, 0) is 27.9 Å². The number of hydrogen-bond acceptors (Lipinski definition) is 6. The van der Waals surface area contributed by atoms with Gasteiger partial charge in [0.25, 0.3) is 0 Å². The van der Waals surface area contributed by atoms with E-state index in [0.717, 1.165) is 35.8 Å². The maximum Gasteiger partial charge on any atom is 0.243 e. The van der Waals surface area contributed by atoms with Crippen LogP contribution in [0.3, 0.4) is 0 Å². The third-order valence-electron chi connectivity index (χ3n) is 5.93. The van der Waals surface area contributed by atoms with Crippen LogP contribution in [-0.4, -0.2) is 57.8 Å². The van der Waals surface area contributed by atoms with Crippen LogP contribution < -0.4 is 19.1 Å². The van der Waals surface area contributed by atoms with E-state index in [1.807, 2.05) is 12.1 Å². The van der Waals surface area contributed by atoms with Gasteiger partial charge < -0.3 is 14.8 Å². The lowest BCUT2D eigenvalue weighted by atomic mass is 10.1. The molecule has 4 rings (SSSR count). The average Bonchev–Trinajstić information content (AvgIpc) is 3.30. The molecule has 0 aliphatic carbocycles. The Bertz CT molecular complexity index is 1100.